The lowest BCUT2D eigenvalue weighted by Crippen LogP contribution is -2.27. The molecule has 2 N–H and O–H groups in total. The number of hydrogen-bond acceptors (Lipinski definition) is 3. The van der Waals surface area contributed by atoms with E-state index in [9.17, 15) is 4.79 Å². The minimum absolute atomic E-state index is 0.178. The molecule has 0 saturated heterocycles. The van der Waals surface area contributed by atoms with Gasteiger partial charge in [0.05, 0.1) is 12.8 Å². The zero-order valence-electron chi connectivity index (χ0n) is 14.6. The monoisotopic (exact) mass is 369 g/mol. The van der Waals surface area contributed by atoms with Gasteiger partial charge >= 0.3 is 0 Å². The molecule has 3 aromatic rings. The van der Waals surface area contributed by atoms with Gasteiger partial charge in [0, 0.05) is 17.1 Å². The highest BCUT2D eigenvalue weighted by Crippen LogP contribution is 2.22. The van der Waals surface area contributed by atoms with E-state index in [0.29, 0.717) is 23.0 Å². The first-order chi connectivity index (χ1) is 12.6. The summed E-state index contributed by atoms with van der Waals surface area (Å²) in [5.41, 5.74) is 3.12. The largest absolute Gasteiger partial charge is 0.497 e. The van der Waals surface area contributed by atoms with Crippen LogP contribution in [0.3, 0.4) is 0 Å². The van der Waals surface area contributed by atoms with Crippen LogP contribution in [-0.2, 0) is 0 Å². The molecular weight excluding hydrogens is 350 g/mol. The summed E-state index contributed by atoms with van der Waals surface area (Å²) in [5.74, 6) is 0.734. The fourth-order valence-electron chi connectivity index (χ4n) is 2.62. The predicted molar refractivity (Wildman–Crippen MR) is 103 cm³/mol. The zero-order chi connectivity index (χ0) is 18.5. The molecule has 5 nitrogen and oxygen atoms in total. The summed E-state index contributed by atoms with van der Waals surface area (Å²) in [6.45, 7) is 2.58. The van der Waals surface area contributed by atoms with Crippen LogP contribution in [-0.4, -0.2) is 29.8 Å². The predicted octanol–water partition coefficient (Wildman–Crippen LogP) is 4.27. The van der Waals surface area contributed by atoms with Crippen molar-refractivity contribution in [1.82, 2.24) is 15.5 Å². The maximum Gasteiger partial charge on any atom is 0.269 e. The summed E-state index contributed by atoms with van der Waals surface area (Å²) >= 11 is 5.91. The highest BCUT2D eigenvalue weighted by atomic mass is 35.5. The molecule has 0 spiro atoms. The van der Waals surface area contributed by atoms with E-state index < -0.39 is 0 Å². The third-order valence-corrected chi connectivity index (χ3v) is 4.45. The van der Waals surface area contributed by atoms with Crippen LogP contribution in [0, 0.1) is 0 Å². The van der Waals surface area contributed by atoms with Crippen LogP contribution in [0.5, 0.6) is 5.75 Å². The second-order valence-electron chi connectivity index (χ2n) is 6.06. The molecule has 1 atom stereocenters. The van der Waals surface area contributed by atoms with Crippen LogP contribution < -0.4 is 10.1 Å². The van der Waals surface area contributed by atoms with Gasteiger partial charge in [0.25, 0.3) is 5.91 Å². The average Bonchev–Trinajstić information content (AvgIpc) is 3.17. The van der Waals surface area contributed by atoms with Crippen molar-refractivity contribution in [2.75, 3.05) is 13.7 Å². The Balaban J connectivity index is 1.63. The molecule has 1 amide bonds. The average molecular weight is 370 g/mol. The Kier molecular flexibility index (Phi) is 5.58. The highest BCUT2D eigenvalue weighted by Gasteiger charge is 2.13. The van der Waals surface area contributed by atoms with Gasteiger partial charge in [-0.3, -0.25) is 9.89 Å². The molecule has 0 aliphatic carbocycles. The second-order valence-corrected chi connectivity index (χ2v) is 6.50. The van der Waals surface area contributed by atoms with Crippen LogP contribution in [0.2, 0.25) is 5.02 Å². The number of amides is 1. The summed E-state index contributed by atoms with van der Waals surface area (Å²) in [4.78, 5) is 12.4. The van der Waals surface area contributed by atoms with Crippen molar-refractivity contribution in [2.45, 2.75) is 12.8 Å². The van der Waals surface area contributed by atoms with Gasteiger partial charge in [0.1, 0.15) is 11.4 Å². The van der Waals surface area contributed by atoms with Crippen LogP contribution in [0.4, 0.5) is 0 Å². The quantitative estimate of drug-likeness (QED) is 0.681. The van der Waals surface area contributed by atoms with E-state index in [1.165, 1.54) is 0 Å². The van der Waals surface area contributed by atoms with E-state index in [2.05, 4.69) is 22.4 Å². The Morgan fingerprint density at radius 2 is 2.00 bits per heavy atom. The van der Waals surface area contributed by atoms with Crippen molar-refractivity contribution in [3.05, 3.63) is 70.9 Å². The van der Waals surface area contributed by atoms with Crippen molar-refractivity contribution >= 4 is 17.5 Å². The smallest absolute Gasteiger partial charge is 0.269 e. The van der Waals surface area contributed by atoms with Gasteiger partial charge in [-0.25, -0.2) is 0 Å². The Hall–Kier alpha value is -2.79. The minimum atomic E-state index is -0.188. The molecule has 3 rings (SSSR count). The third-order valence-electron chi connectivity index (χ3n) is 4.20. The van der Waals surface area contributed by atoms with E-state index >= 15 is 0 Å². The van der Waals surface area contributed by atoms with Crippen molar-refractivity contribution in [3.63, 3.8) is 0 Å². The number of ether oxygens (including phenoxy) is 1. The summed E-state index contributed by atoms with van der Waals surface area (Å²) in [6, 6.07) is 16.9. The summed E-state index contributed by atoms with van der Waals surface area (Å²) in [7, 11) is 1.62. The van der Waals surface area contributed by atoms with Crippen LogP contribution >= 0.6 is 11.6 Å². The van der Waals surface area contributed by atoms with Crippen LogP contribution in [0.1, 0.15) is 28.9 Å². The van der Waals surface area contributed by atoms with Crippen molar-refractivity contribution in [1.29, 1.82) is 0 Å². The first-order valence-corrected chi connectivity index (χ1v) is 8.68. The van der Waals surface area contributed by atoms with Crippen molar-refractivity contribution in [2.24, 2.45) is 0 Å². The van der Waals surface area contributed by atoms with E-state index in [1.54, 1.807) is 13.2 Å². The van der Waals surface area contributed by atoms with Crippen LogP contribution in [0.25, 0.3) is 11.3 Å². The molecule has 134 valence electrons. The van der Waals surface area contributed by atoms with Gasteiger partial charge in [-0.05, 0) is 41.8 Å². The Labute approximate surface area is 157 Å². The third kappa shape index (κ3) is 4.24. The van der Waals surface area contributed by atoms with E-state index in [-0.39, 0.29) is 11.8 Å². The number of aromatic amines is 1. The molecule has 6 heteroatoms. The van der Waals surface area contributed by atoms with Gasteiger partial charge in [-0.2, -0.15) is 5.10 Å². The Morgan fingerprint density at radius 3 is 2.73 bits per heavy atom. The molecule has 1 unspecified atom stereocenters. The molecule has 0 aliphatic heterocycles. The number of nitrogens with one attached hydrogen (secondary N) is 2. The molecule has 2 aromatic carbocycles. The van der Waals surface area contributed by atoms with Crippen molar-refractivity contribution < 1.29 is 9.53 Å². The second kappa shape index (κ2) is 8.06. The molecule has 0 fully saturated rings. The molecule has 1 aromatic heterocycles. The molecule has 1 heterocycles. The number of carbonyl (C=O) groups excluding carboxylic acids is 1. The normalized spacial score (nSPS) is 11.8. The van der Waals surface area contributed by atoms with Crippen molar-refractivity contribution in [3.8, 4) is 17.0 Å². The maximum atomic E-state index is 12.4. The number of H-pyrrole nitrogens is 1. The van der Waals surface area contributed by atoms with Gasteiger partial charge in [0.2, 0.25) is 0 Å². The van der Waals surface area contributed by atoms with Gasteiger partial charge < -0.3 is 10.1 Å². The number of halogens is 1. The van der Waals surface area contributed by atoms with E-state index in [1.807, 2.05) is 48.5 Å². The van der Waals surface area contributed by atoms with E-state index in [4.69, 9.17) is 16.3 Å². The Morgan fingerprint density at radius 1 is 1.23 bits per heavy atom. The molecule has 26 heavy (non-hydrogen) atoms. The molecule has 0 aliphatic rings. The van der Waals surface area contributed by atoms with Gasteiger partial charge in [0.15, 0.2) is 0 Å². The lowest BCUT2D eigenvalue weighted by Gasteiger charge is -2.12. The molecular formula is C20H20ClN3O2. The lowest BCUT2D eigenvalue weighted by atomic mass is 10.0. The standard InChI is InChI=1S/C20H20ClN3O2/c1-13(14-6-8-16(21)9-7-14)12-22-20(25)19-11-18(23-24-19)15-4-3-5-17(10-15)26-2/h3-11,13H,12H2,1-2H3,(H,22,25)(H,23,24). The summed E-state index contributed by atoms with van der Waals surface area (Å²) < 4.78 is 5.22. The number of aromatic nitrogens is 2. The molecule has 0 saturated carbocycles. The Bertz CT molecular complexity index is 890. The van der Waals surface area contributed by atoms with Gasteiger partial charge in [-0.1, -0.05) is 42.8 Å². The number of nitrogens with zero attached hydrogens (tertiary/aromatic N) is 1. The SMILES string of the molecule is COc1cccc(-c2cc(C(=O)NCC(C)c3ccc(Cl)cc3)[nH]n2)c1. The van der Waals surface area contributed by atoms with Crippen LogP contribution in [0.15, 0.2) is 54.6 Å². The molecule has 0 radical (unpaired) electrons. The fraction of sp³-hybridized carbons (Fsp3) is 0.200. The number of rotatable bonds is 6. The van der Waals surface area contributed by atoms with Gasteiger partial charge in [-0.15, -0.1) is 0 Å². The number of benzene rings is 2. The summed E-state index contributed by atoms with van der Waals surface area (Å²) in [5, 5.41) is 10.6. The maximum absolute atomic E-state index is 12.4. The number of carbonyl (C=O) groups is 1. The highest BCUT2D eigenvalue weighted by molar-refractivity contribution is 6.30. The first-order valence-electron chi connectivity index (χ1n) is 8.30. The fourth-order valence-corrected chi connectivity index (χ4v) is 2.74. The first kappa shape index (κ1) is 18.0. The number of methoxy groups -OCH3 is 1. The summed E-state index contributed by atoms with van der Waals surface area (Å²) in [6.07, 6.45) is 0. The lowest BCUT2D eigenvalue weighted by molar-refractivity contribution is 0.0946. The minimum Gasteiger partial charge on any atom is -0.497 e. The number of hydrogen-bond donors (Lipinski definition) is 2. The van der Waals surface area contributed by atoms with E-state index in [0.717, 1.165) is 16.9 Å². The molecule has 0 bridgehead atoms. The topological polar surface area (TPSA) is 67.0 Å². The zero-order valence-corrected chi connectivity index (χ0v) is 15.4.